The summed E-state index contributed by atoms with van der Waals surface area (Å²) in [7, 11) is -2.30. The molecule has 9 heteroatoms. The van der Waals surface area contributed by atoms with Gasteiger partial charge in [0, 0.05) is 22.6 Å². The van der Waals surface area contributed by atoms with Crippen LogP contribution in [0.1, 0.15) is 33.6 Å². The Morgan fingerprint density at radius 3 is 2.29 bits per heavy atom. The molecular formula is C26H32N4O4S. The lowest BCUT2D eigenvalue weighted by atomic mass is 10.1. The number of methoxy groups -OCH3 is 1. The molecule has 186 valence electrons. The Kier molecular flexibility index (Phi) is 7.70. The number of aromatic nitrogens is 1. The summed E-state index contributed by atoms with van der Waals surface area (Å²) >= 11 is 0. The molecule has 3 rings (SSSR count). The maximum atomic E-state index is 12.6. The Bertz CT molecular complexity index is 1370. The number of aryl methyl sites for hydroxylation is 4. The maximum absolute atomic E-state index is 12.6. The monoisotopic (exact) mass is 496 g/mol. The molecule has 0 aliphatic rings. The first kappa shape index (κ1) is 26.0. The quantitative estimate of drug-likeness (QED) is 0.378. The van der Waals surface area contributed by atoms with Crippen molar-refractivity contribution < 1.29 is 17.9 Å². The van der Waals surface area contributed by atoms with Crippen molar-refractivity contribution in [3.63, 3.8) is 0 Å². The van der Waals surface area contributed by atoms with E-state index in [0.29, 0.717) is 11.4 Å². The van der Waals surface area contributed by atoms with Gasteiger partial charge in [0.2, 0.25) is 10.0 Å². The second-order valence-electron chi connectivity index (χ2n) is 8.75. The van der Waals surface area contributed by atoms with Gasteiger partial charge in [-0.25, -0.2) is 13.8 Å². The number of ether oxygens (including phenoxy) is 1. The Labute approximate surface area is 207 Å². The van der Waals surface area contributed by atoms with Gasteiger partial charge in [-0.2, -0.15) is 5.10 Å². The Hall–Kier alpha value is -3.59. The van der Waals surface area contributed by atoms with Crippen LogP contribution in [0.15, 0.2) is 47.6 Å². The van der Waals surface area contributed by atoms with Crippen molar-refractivity contribution >= 4 is 27.8 Å². The van der Waals surface area contributed by atoms with Crippen molar-refractivity contribution in [1.29, 1.82) is 0 Å². The Morgan fingerprint density at radius 2 is 1.69 bits per heavy atom. The number of carbonyl (C=O) groups is 1. The van der Waals surface area contributed by atoms with Crippen LogP contribution in [0.25, 0.3) is 5.69 Å². The second kappa shape index (κ2) is 10.4. The predicted molar refractivity (Wildman–Crippen MR) is 140 cm³/mol. The number of benzene rings is 2. The summed E-state index contributed by atoms with van der Waals surface area (Å²) in [5, 5.41) is 4.08. The van der Waals surface area contributed by atoms with Gasteiger partial charge in [0.15, 0.2) is 0 Å². The molecule has 0 saturated carbocycles. The summed E-state index contributed by atoms with van der Waals surface area (Å²) in [5.74, 6) is -0.213. The number of nitrogens with one attached hydrogen (secondary N) is 1. The van der Waals surface area contributed by atoms with Crippen LogP contribution in [-0.4, -0.2) is 45.0 Å². The third-order valence-corrected chi connectivity index (χ3v) is 6.74. The molecule has 1 N–H and O–H groups in total. The van der Waals surface area contributed by atoms with Gasteiger partial charge >= 0.3 is 0 Å². The van der Waals surface area contributed by atoms with Gasteiger partial charge < -0.3 is 9.30 Å². The molecule has 0 atom stereocenters. The van der Waals surface area contributed by atoms with Crippen molar-refractivity contribution in [3.05, 3.63) is 76.1 Å². The van der Waals surface area contributed by atoms with Crippen LogP contribution >= 0.6 is 0 Å². The van der Waals surface area contributed by atoms with E-state index in [9.17, 15) is 13.2 Å². The lowest BCUT2D eigenvalue weighted by Crippen LogP contribution is -2.39. The average Bonchev–Trinajstić information content (AvgIpc) is 3.03. The van der Waals surface area contributed by atoms with Gasteiger partial charge in [-0.15, -0.1) is 0 Å². The highest BCUT2D eigenvalue weighted by Gasteiger charge is 2.24. The van der Waals surface area contributed by atoms with Crippen LogP contribution in [0.5, 0.6) is 5.75 Å². The molecule has 3 aromatic rings. The minimum atomic E-state index is -3.75. The molecule has 8 nitrogen and oxygen atoms in total. The summed E-state index contributed by atoms with van der Waals surface area (Å²) in [6.07, 6.45) is 2.62. The van der Waals surface area contributed by atoms with Crippen molar-refractivity contribution in [3.8, 4) is 11.4 Å². The van der Waals surface area contributed by atoms with E-state index < -0.39 is 22.5 Å². The lowest BCUT2D eigenvalue weighted by Gasteiger charge is -2.23. The number of nitrogens with zero attached hydrogens (tertiary/aromatic N) is 3. The van der Waals surface area contributed by atoms with Gasteiger partial charge in [0.1, 0.15) is 12.3 Å². The molecule has 0 spiro atoms. The Morgan fingerprint density at radius 1 is 1.03 bits per heavy atom. The fraction of sp³-hybridized carbons (Fsp3) is 0.308. The minimum Gasteiger partial charge on any atom is -0.495 e. The fourth-order valence-corrected chi connectivity index (χ4v) is 4.96. The van der Waals surface area contributed by atoms with Crippen LogP contribution in [-0.2, 0) is 14.8 Å². The van der Waals surface area contributed by atoms with E-state index in [-0.39, 0.29) is 0 Å². The van der Waals surface area contributed by atoms with Crippen LogP contribution in [0.3, 0.4) is 0 Å². The molecule has 0 unspecified atom stereocenters. The fourth-order valence-electron chi connectivity index (χ4n) is 4.11. The molecule has 0 saturated heterocycles. The Balaban J connectivity index is 1.80. The number of sulfonamides is 1. The van der Waals surface area contributed by atoms with Crippen molar-refractivity contribution in [2.45, 2.75) is 34.6 Å². The van der Waals surface area contributed by atoms with E-state index in [2.05, 4.69) is 47.1 Å². The minimum absolute atomic E-state index is 0.297. The number of hydrogen-bond acceptors (Lipinski definition) is 5. The van der Waals surface area contributed by atoms with Crippen LogP contribution < -0.4 is 14.5 Å². The highest BCUT2D eigenvalue weighted by Crippen LogP contribution is 2.30. The van der Waals surface area contributed by atoms with Gasteiger partial charge in [0.05, 0.1) is 25.3 Å². The van der Waals surface area contributed by atoms with E-state index in [1.807, 2.05) is 32.9 Å². The van der Waals surface area contributed by atoms with Crippen molar-refractivity contribution in [1.82, 2.24) is 9.99 Å². The first-order chi connectivity index (χ1) is 16.4. The van der Waals surface area contributed by atoms with E-state index in [4.69, 9.17) is 4.74 Å². The van der Waals surface area contributed by atoms with Gasteiger partial charge in [-0.05, 0) is 81.6 Å². The van der Waals surface area contributed by atoms with Crippen LogP contribution in [0.2, 0.25) is 0 Å². The third kappa shape index (κ3) is 6.10. The summed E-state index contributed by atoms with van der Waals surface area (Å²) in [6.45, 7) is 9.53. The largest absolute Gasteiger partial charge is 0.495 e. The zero-order valence-corrected chi connectivity index (χ0v) is 22.0. The number of rotatable bonds is 8. The molecular weight excluding hydrogens is 464 g/mol. The number of anilines is 1. The standard InChI is InChI=1S/C26H32N4O4S/c1-17-8-9-25(34-6)24(13-17)29(35(7,32)33)16-26(31)28-27-15-22-14-20(4)30(21(22)5)23-11-18(2)10-19(3)12-23/h8-15H,16H2,1-7H3,(H,28,31)/b27-15+. The summed E-state index contributed by atoms with van der Waals surface area (Å²) in [5.41, 5.74) is 9.87. The van der Waals surface area contributed by atoms with Gasteiger partial charge in [-0.3, -0.25) is 9.10 Å². The smallest absolute Gasteiger partial charge is 0.260 e. The molecule has 35 heavy (non-hydrogen) atoms. The molecule has 2 aromatic carbocycles. The first-order valence-corrected chi connectivity index (χ1v) is 13.0. The summed E-state index contributed by atoms with van der Waals surface area (Å²) in [4.78, 5) is 12.6. The number of amides is 1. The highest BCUT2D eigenvalue weighted by atomic mass is 32.2. The third-order valence-electron chi connectivity index (χ3n) is 5.62. The SMILES string of the molecule is COc1ccc(C)cc1N(CC(=O)N/N=C/c1cc(C)n(-c2cc(C)cc(C)c2)c1C)S(C)(=O)=O. The van der Waals surface area contributed by atoms with Crippen LogP contribution in [0.4, 0.5) is 5.69 Å². The van der Waals surface area contributed by atoms with Crippen LogP contribution in [0, 0.1) is 34.6 Å². The topological polar surface area (TPSA) is 93.0 Å². The summed E-state index contributed by atoms with van der Waals surface area (Å²) in [6, 6.07) is 13.5. The first-order valence-electron chi connectivity index (χ1n) is 11.1. The lowest BCUT2D eigenvalue weighted by molar-refractivity contribution is -0.119. The second-order valence-corrected chi connectivity index (χ2v) is 10.7. The number of hydrazone groups is 1. The van der Waals surface area contributed by atoms with Crippen molar-refractivity contribution in [2.24, 2.45) is 5.10 Å². The summed E-state index contributed by atoms with van der Waals surface area (Å²) < 4.78 is 33.4. The molecule has 1 amide bonds. The van der Waals surface area contributed by atoms with E-state index in [1.165, 1.54) is 18.2 Å². The zero-order valence-electron chi connectivity index (χ0n) is 21.2. The van der Waals surface area contributed by atoms with Gasteiger partial charge in [0.25, 0.3) is 5.91 Å². The number of carbonyl (C=O) groups excluding carboxylic acids is 1. The molecule has 0 aliphatic carbocycles. The molecule has 1 aromatic heterocycles. The van der Waals surface area contributed by atoms with E-state index in [0.717, 1.165) is 38.8 Å². The van der Waals surface area contributed by atoms with E-state index in [1.54, 1.807) is 18.3 Å². The highest BCUT2D eigenvalue weighted by molar-refractivity contribution is 7.92. The molecule has 1 heterocycles. The predicted octanol–water partition coefficient (Wildman–Crippen LogP) is 3.94. The average molecular weight is 497 g/mol. The molecule has 0 bridgehead atoms. The normalized spacial score (nSPS) is 11.6. The van der Waals surface area contributed by atoms with Crippen molar-refractivity contribution in [2.75, 3.05) is 24.2 Å². The molecule has 0 fully saturated rings. The zero-order chi connectivity index (χ0) is 25.9. The van der Waals surface area contributed by atoms with Gasteiger partial charge in [-0.1, -0.05) is 12.1 Å². The molecule has 0 radical (unpaired) electrons. The molecule has 0 aliphatic heterocycles. The number of hydrogen-bond donors (Lipinski definition) is 1. The van der Waals surface area contributed by atoms with E-state index >= 15 is 0 Å². The maximum Gasteiger partial charge on any atom is 0.260 e.